The molecular formula is C17H16ClN3O2S2. The molecule has 0 unspecified atom stereocenters. The number of amides is 2. The fourth-order valence-electron chi connectivity index (χ4n) is 2.85. The second-order valence-corrected chi connectivity index (χ2v) is 7.65. The number of nitrogens with one attached hydrogen (secondary N) is 2. The number of thiocarbonyl (C=S) groups is 1. The zero-order valence-electron chi connectivity index (χ0n) is 13.2. The molecule has 0 radical (unpaired) electrons. The summed E-state index contributed by atoms with van der Waals surface area (Å²) in [5, 5.41) is 6.72. The molecule has 4 N–H and O–H groups in total. The molecule has 0 bridgehead atoms. The lowest BCUT2D eigenvalue weighted by atomic mass is 9.95. The van der Waals surface area contributed by atoms with E-state index in [1.54, 1.807) is 24.3 Å². The first-order valence-electron chi connectivity index (χ1n) is 7.78. The molecule has 0 aliphatic heterocycles. The highest BCUT2D eigenvalue weighted by Crippen LogP contribution is 2.37. The summed E-state index contributed by atoms with van der Waals surface area (Å²) in [5.41, 5.74) is 7.45. The van der Waals surface area contributed by atoms with E-state index in [2.05, 4.69) is 10.6 Å². The second kappa shape index (κ2) is 7.51. The van der Waals surface area contributed by atoms with E-state index in [-0.39, 0.29) is 11.0 Å². The van der Waals surface area contributed by atoms with Crippen LogP contribution >= 0.6 is 35.2 Å². The molecule has 0 saturated carbocycles. The maximum Gasteiger partial charge on any atom is 0.257 e. The van der Waals surface area contributed by atoms with Crippen LogP contribution in [0.2, 0.25) is 5.02 Å². The van der Waals surface area contributed by atoms with E-state index in [0.717, 1.165) is 36.1 Å². The lowest BCUT2D eigenvalue weighted by Crippen LogP contribution is -2.34. The summed E-state index contributed by atoms with van der Waals surface area (Å²) in [4.78, 5) is 25.2. The monoisotopic (exact) mass is 393 g/mol. The van der Waals surface area contributed by atoms with Crippen molar-refractivity contribution in [1.29, 1.82) is 0 Å². The molecule has 130 valence electrons. The average molecular weight is 394 g/mol. The number of anilines is 1. The van der Waals surface area contributed by atoms with Gasteiger partial charge < -0.3 is 11.1 Å². The number of benzene rings is 1. The van der Waals surface area contributed by atoms with Crippen LogP contribution in [0.5, 0.6) is 0 Å². The van der Waals surface area contributed by atoms with E-state index in [1.807, 2.05) is 0 Å². The average Bonchev–Trinajstić information content (AvgIpc) is 2.92. The third-order valence-corrected chi connectivity index (χ3v) is 5.61. The Hall–Kier alpha value is -1.96. The molecule has 0 atom stereocenters. The number of thiophene rings is 1. The first kappa shape index (κ1) is 17.8. The van der Waals surface area contributed by atoms with Crippen molar-refractivity contribution in [1.82, 2.24) is 5.32 Å². The van der Waals surface area contributed by atoms with Crippen molar-refractivity contribution in [2.75, 3.05) is 5.32 Å². The molecule has 25 heavy (non-hydrogen) atoms. The van der Waals surface area contributed by atoms with Crippen LogP contribution in [0, 0.1) is 0 Å². The van der Waals surface area contributed by atoms with Crippen molar-refractivity contribution >= 4 is 57.1 Å². The Morgan fingerprint density at radius 2 is 2.00 bits per heavy atom. The smallest absolute Gasteiger partial charge is 0.257 e. The minimum atomic E-state index is -0.481. The van der Waals surface area contributed by atoms with Crippen LogP contribution in [0.3, 0.4) is 0 Å². The van der Waals surface area contributed by atoms with Gasteiger partial charge in [0.2, 0.25) is 0 Å². The van der Waals surface area contributed by atoms with Gasteiger partial charge in [0, 0.05) is 15.5 Å². The van der Waals surface area contributed by atoms with E-state index < -0.39 is 5.91 Å². The van der Waals surface area contributed by atoms with E-state index in [9.17, 15) is 9.59 Å². The fourth-order valence-corrected chi connectivity index (χ4v) is 4.60. The summed E-state index contributed by atoms with van der Waals surface area (Å²) in [6, 6.07) is 6.57. The number of rotatable bonds is 3. The lowest BCUT2D eigenvalue weighted by Gasteiger charge is -2.11. The van der Waals surface area contributed by atoms with Gasteiger partial charge in [-0.2, -0.15) is 0 Å². The molecule has 8 heteroatoms. The number of nitrogens with two attached hydrogens (primary N) is 1. The highest BCUT2D eigenvalue weighted by Gasteiger charge is 2.24. The van der Waals surface area contributed by atoms with Crippen LogP contribution in [0.1, 0.15) is 44.0 Å². The van der Waals surface area contributed by atoms with Crippen molar-refractivity contribution in [3.8, 4) is 0 Å². The van der Waals surface area contributed by atoms with Crippen molar-refractivity contribution in [2.45, 2.75) is 25.7 Å². The van der Waals surface area contributed by atoms with Gasteiger partial charge in [0.15, 0.2) is 5.11 Å². The van der Waals surface area contributed by atoms with Gasteiger partial charge in [0.05, 0.1) is 5.56 Å². The summed E-state index contributed by atoms with van der Waals surface area (Å²) >= 11 is 12.6. The minimum absolute atomic E-state index is 0.117. The van der Waals surface area contributed by atoms with Crippen molar-refractivity contribution in [3.63, 3.8) is 0 Å². The molecular weight excluding hydrogens is 378 g/mol. The highest BCUT2D eigenvalue weighted by molar-refractivity contribution is 7.80. The van der Waals surface area contributed by atoms with Crippen LogP contribution in [0.25, 0.3) is 0 Å². The number of halogens is 1. The third-order valence-electron chi connectivity index (χ3n) is 3.96. The molecule has 0 fully saturated rings. The predicted molar refractivity (Wildman–Crippen MR) is 105 cm³/mol. The quantitative estimate of drug-likeness (QED) is 0.697. The molecule has 0 saturated heterocycles. The summed E-state index contributed by atoms with van der Waals surface area (Å²) < 4.78 is 0. The molecule has 2 aromatic rings. The standard InChI is InChI=1S/C17H16ClN3O2S2/c18-10-5-3-4-9(8-10)15(23)20-17(24)21-16-13(14(19)22)11-6-1-2-7-12(11)25-16/h3-5,8H,1-2,6-7H2,(H2,19,22)(H2,20,21,23,24). The van der Waals surface area contributed by atoms with Gasteiger partial charge in [0.1, 0.15) is 5.00 Å². The number of carbonyl (C=O) groups excluding carboxylic acids is 2. The molecule has 1 aromatic carbocycles. The predicted octanol–water partition coefficient (Wildman–Crippen LogP) is 3.51. The maximum atomic E-state index is 12.2. The van der Waals surface area contributed by atoms with Gasteiger partial charge in [0.25, 0.3) is 11.8 Å². The van der Waals surface area contributed by atoms with E-state index >= 15 is 0 Å². The van der Waals surface area contributed by atoms with Crippen LogP contribution in [0.15, 0.2) is 24.3 Å². The zero-order chi connectivity index (χ0) is 18.0. The Morgan fingerprint density at radius 1 is 1.24 bits per heavy atom. The van der Waals surface area contributed by atoms with E-state index in [0.29, 0.717) is 21.2 Å². The third kappa shape index (κ3) is 4.00. The van der Waals surface area contributed by atoms with Gasteiger partial charge >= 0.3 is 0 Å². The Kier molecular flexibility index (Phi) is 5.36. The topological polar surface area (TPSA) is 84.2 Å². The second-order valence-electron chi connectivity index (χ2n) is 5.70. The Morgan fingerprint density at radius 3 is 2.72 bits per heavy atom. The van der Waals surface area contributed by atoms with Crippen LogP contribution in [-0.2, 0) is 12.8 Å². The van der Waals surface area contributed by atoms with Crippen LogP contribution in [0.4, 0.5) is 5.00 Å². The molecule has 1 aromatic heterocycles. The maximum absolute atomic E-state index is 12.2. The SMILES string of the molecule is NC(=O)c1c(NC(=S)NC(=O)c2cccc(Cl)c2)sc2c1CCCC2. The molecule has 1 heterocycles. The summed E-state index contributed by atoms with van der Waals surface area (Å²) in [5.74, 6) is -0.854. The largest absolute Gasteiger partial charge is 0.365 e. The normalized spacial score (nSPS) is 13.0. The van der Waals surface area contributed by atoms with E-state index in [1.165, 1.54) is 11.3 Å². The van der Waals surface area contributed by atoms with Gasteiger partial charge in [-0.05, 0) is 61.7 Å². The first-order chi connectivity index (χ1) is 12.0. The molecule has 2 amide bonds. The number of hydrogen-bond acceptors (Lipinski definition) is 4. The van der Waals surface area contributed by atoms with Gasteiger partial charge in [-0.1, -0.05) is 17.7 Å². The highest BCUT2D eigenvalue weighted by atomic mass is 35.5. The van der Waals surface area contributed by atoms with Crippen LogP contribution < -0.4 is 16.4 Å². The van der Waals surface area contributed by atoms with Crippen molar-refractivity contribution in [3.05, 3.63) is 50.9 Å². The molecule has 1 aliphatic rings. The van der Waals surface area contributed by atoms with Crippen LogP contribution in [-0.4, -0.2) is 16.9 Å². The zero-order valence-corrected chi connectivity index (χ0v) is 15.6. The van der Waals surface area contributed by atoms with Gasteiger partial charge in [-0.25, -0.2) is 0 Å². The van der Waals surface area contributed by atoms with Crippen molar-refractivity contribution in [2.24, 2.45) is 5.73 Å². The fraction of sp³-hybridized carbons (Fsp3) is 0.235. The first-order valence-corrected chi connectivity index (χ1v) is 9.38. The number of primary amides is 1. The molecule has 1 aliphatic carbocycles. The summed E-state index contributed by atoms with van der Waals surface area (Å²) in [6.45, 7) is 0. The van der Waals surface area contributed by atoms with E-state index in [4.69, 9.17) is 29.6 Å². The van der Waals surface area contributed by atoms with Gasteiger partial charge in [-0.15, -0.1) is 11.3 Å². The number of fused-ring (bicyclic) bond motifs is 1. The number of carbonyl (C=O) groups is 2. The lowest BCUT2D eigenvalue weighted by molar-refractivity contribution is 0.0975. The van der Waals surface area contributed by atoms with Gasteiger partial charge in [-0.3, -0.25) is 14.9 Å². The Balaban J connectivity index is 1.76. The minimum Gasteiger partial charge on any atom is -0.365 e. The number of hydrogen-bond donors (Lipinski definition) is 3. The summed E-state index contributed by atoms with van der Waals surface area (Å²) in [6.07, 6.45) is 3.91. The summed E-state index contributed by atoms with van der Waals surface area (Å²) in [7, 11) is 0. The Bertz CT molecular complexity index is 864. The Labute approximate surface area is 159 Å². The molecule has 0 spiro atoms. The molecule has 5 nitrogen and oxygen atoms in total. The number of aryl methyl sites for hydroxylation is 1. The molecule has 3 rings (SSSR count). The van der Waals surface area contributed by atoms with Crippen molar-refractivity contribution < 1.29 is 9.59 Å².